The fraction of sp³-hybridized carbons (Fsp3) is 0.200. The molecule has 2 aromatic rings. The zero-order chi connectivity index (χ0) is 21.3. The lowest BCUT2D eigenvalue weighted by molar-refractivity contribution is 0.0697. The second-order valence-electron chi connectivity index (χ2n) is 7.18. The summed E-state index contributed by atoms with van der Waals surface area (Å²) in [5, 5.41) is 14.9. The molecule has 2 aromatic carbocycles. The van der Waals surface area contributed by atoms with Crippen molar-refractivity contribution in [2.24, 2.45) is 4.99 Å². The first-order chi connectivity index (χ1) is 14.5. The van der Waals surface area contributed by atoms with Crippen LogP contribution in [-0.4, -0.2) is 24.2 Å². The molecule has 0 fully saturated rings. The Morgan fingerprint density at radius 1 is 1.07 bits per heavy atom. The summed E-state index contributed by atoms with van der Waals surface area (Å²) in [5.41, 5.74) is 5.35. The number of carboxylic acid groups (broad SMARTS) is 1. The molecule has 0 radical (unpaired) electrons. The number of nitrogens with one attached hydrogen (secondary N) is 1. The van der Waals surface area contributed by atoms with Crippen molar-refractivity contribution < 1.29 is 14.3 Å². The Morgan fingerprint density at radius 3 is 2.60 bits per heavy atom. The molecular weight excluding hydrogens is 376 g/mol. The smallest absolute Gasteiger partial charge is 0.336 e. The first-order valence-corrected chi connectivity index (χ1v) is 10.1. The molecule has 0 amide bonds. The van der Waals surface area contributed by atoms with Crippen LogP contribution < -0.4 is 10.7 Å². The molecule has 0 atom stereocenters. The maximum Gasteiger partial charge on any atom is 0.336 e. The first-order valence-electron chi connectivity index (χ1n) is 10.1. The van der Waals surface area contributed by atoms with Crippen LogP contribution in [0.25, 0.3) is 33.4 Å². The predicted molar refractivity (Wildman–Crippen MR) is 120 cm³/mol. The van der Waals surface area contributed by atoms with Gasteiger partial charge in [-0.05, 0) is 56.2 Å². The van der Waals surface area contributed by atoms with E-state index in [0.29, 0.717) is 23.5 Å². The van der Waals surface area contributed by atoms with Crippen molar-refractivity contribution in [3.05, 3.63) is 71.1 Å². The number of aryl methyl sites for hydroxylation is 1. The molecular formula is C25H24N2O3. The van der Waals surface area contributed by atoms with Crippen molar-refractivity contribution in [3.63, 3.8) is 0 Å². The lowest BCUT2D eigenvalue weighted by Gasteiger charge is -2.18. The fourth-order valence-electron chi connectivity index (χ4n) is 3.87. The van der Waals surface area contributed by atoms with E-state index in [2.05, 4.69) is 10.3 Å². The van der Waals surface area contributed by atoms with Crippen LogP contribution in [0.5, 0.6) is 0 Å². The van der Waals surface area contributed by atoms with Gasteiger partial charge in [0.15, 0.2) is 0 Å². The van der Waals surface area contributed by atoms with Crippen LogP contribution in [0, 0.1) is 6.92 Å². The Morgan fingerprint density at radius 2 is 1.87 bits per heavy atom. The number of aromatic carboxylic acids is 1. The summed E-state index contributed by atoms with van der Waals surface area (Å²) in [7, 11) is 0. The van der Waals surface area contributed by atoms with Gasteiger partial charge in [-0.3, -0.25) is 4.99 Å². The predicted octanol–water partition coefficient (Wildman–Crippen LogP) is 5.56. The third kappa shape index (κ3) is 3.43. The molecule has 30 heavy (non-hydrogen) atoms. The largest absolute Gasteiger partial charge is 0.478 e. The molecule has 1 heterocycles. The van der Waals surface area contributed by atoms with Crippen LogP contribution in [0.15, 0.2) is 64.0 Å². The van der Waals surface area contributed by atoms with Gasteiger partial charge in [0.25, 0.3) is 0 Å². The quantitative estimate of drug-likeness (QED) is 0.430. The molecule has 0 saturated heterocycles. The molecule has 5 heteroatoms. The van der Waals surface area contributed by atoms with Gasteiger partial charge in [-0.25, -0.2) is 4.79 Å². The van der Waals surface area contributed by atoms with Crippen molar-refractivity contribution in [3.8, 4) is 22.5 Å². The van der Waals surface area contributed by atoms with E-state index in [-0.39, 0.29) is 5.56 Å². The highest BCUT2D eigenvalue weighted by molar-refractivity contribution is 6.07. The van der Waals surface area contributed by atoms with Gasteiger partial charge in [-0.1, -0.05) is 18.2 Å². The molecule has 0 unspecified atom stereocenters. The van der Waals surface area contributed by atoms with Crippen molar-refractivity contribution in [2.45, 2.75) is 20.8 Å². The minimum Gasteiger partial charge on any atom is -0.478 e. The van der Waals surface area contributed by atoms with Crippen molar-refractivity contribution >= 4 is 22.6 Å². The molecule has 4 rings (SSSR count). The van der Waals surface area contributed by atoms with Crippen LogP contribution >= 0.6 is 0 Å². The average Bonchev–Trinajstić information content (AvgIpc) is 2.73. The summed E-state index contributed by atoms with van der Waals surface area (Å²) in [6.07, 6.45) is 0. The molecule has 152 valence electrons. The molecule has 0 saturated carbocycles. The third-order valence-electron chi connectivity index (χ3n) is 5.17. The van der Waals surface area contributed by atoms with Gasteiger partial charge in [-0.2, -0.15) is 0 Å². The highest BCUT2D eigenvalue weighted by Crippen LogP contribution is 2.42. The summed E-state index contributed by atoms with van der Waals surface area (Å²) >= 11 is 0. The normalized spacial score (nSPS) is 11.9. The highest BCUT2D eigenvalue weighted by Gasteiger charge is 2.21. The van der Waals surface area contributed by atoms with Gasteiger partial charge in [0.1, 0.15) is 11.3 Å². The summed E-state index contributed by atoms with van der Waals surface area (Å²) in [6.45, 7) is 7.53. The zero-order valence-electron chi connectivity index (χ0n) is 17.3. The monoisotopic (exact) mass is 400 g/mol. The Bertz CT molecular complexity index is 1290. The van der Waals surface area contributed by atoms with Crippen LogP contribution in [-0.2, 0) is 0 Å². The SMILES string of the molecule is CC/N=c1/cc2oc3cc(NCC)ccc3c(-c3ccccc3C(=O)O)c-2cc1C. The summed E-state index contributed by atoms with van der Waals surface area (Å²) < 4.78 is 6.29. The minimum atomic E-state index is -0.953. The van der Waals surface area contributed by atoms with Gasteiger partial charge in [-0.15, -0.1) is 0 Å². The number of benzene rings is 3. The van der Waals surface area contributed by atoms with Crippen molar-refractivity contribution in [1.82, 2.24) is 0 Å². The third-order valence-corrected chi connectivity index (χ3v) is 5.17. The van der Waals surface area contributed by atoms with E-state index in [1.807, 2.05) is 63.2 Å². The van der Waals surface area contributed by atoms with Crippen molar-refractivity contribution in [1.29, 1.82) is 0 Å². The Hall–Kier alpha value is -3.60. The second-order valence-corrected chi connectivity index (χ2v) is 7.18. The Labute approximate surface area is 175 Å². The molecule has 5 nitrogen and oxygen atoms in total. The van der Waals surface area contributed by atoms with Crippen LogP contribution in [0.3, 0.4) is 0 Å². The van der Waals surface area contributed by atoms with E-state index in [0.717, 1.165) is 39.7 Å². The second kappa shape index (κ2) is 8.03. The number of hydrogen-bond acceptors (Lipinski definition) is 4. The molecule has 1 aliphatic carbocycles. The van der Waals surface area contributed by atoms with E-state index in [1.165, 1.54) is 0 Å². The van der Waals surface area contributed by atoms with Gasteiger partial charge in [0, 0.05) is 47.4 Å². The topological polar surface area (TPSA) is 74.8 Å². The Kier molecular flexibility index (Phi) is 5.27. The first kappa shape index (κ1) is 19.7. The van der Waals surface area contributed by atoms with Crippen LogP contribution in [0.2, 0.25) is 0 Å². The molecule has 0 spiro atoms. The number of rotatable bonds is 5. The maximum atomic E-state index is 12.0. The maximum absolute atomic E-state index is 12.0. The molecule has 0 aromatic heterocycles. The van der Waals surface area contributed by atoms with E-state index in [1.54, 1.807) is 12.1 Å². The fourth-order valence-corrected chi connectivity index (χ4v) is 3.87. The number of anilines is 1. The van der Waals surface area contributed by atoms with Crippen LogP contribution in [0.1, 0.15) is 29.8 Å². The number of nitrogens with zero attached hydrogens (tertiary/aromatic N) is 1. The molecule has 1 aliphatic heterocycles. The van der Waals surface area contributed by atoms with Crippen LogP contribution in [0.4, 0.5) is 5.69 Å². The number of fused-ring (bicyclic) bond motifs is 2. The van der Waals surface area contributed by atoms with E-state index >= 15 is 0 Å². The van der Waals surface area contributed by atoms with Crippen molar-refractivity contribution in [2.75, 3.05) is 18.4 Å². The van der Waals surface area contributed by atoms with Gasteiger partial charge >= 0.3 is 5.97 Å². The highest BCUT2D eigenvalue weighted by atomic mass is 16.4. The summed E-state index contributed by atoms with van der Waals surface area (Å²) in [5.74, 6) is -0.268. The van der Waals surface area contributed by atoms with E-state index in [4.69, 9.17) is 4.42 Å². The number of carbonyl (C=O) groups is 1. The van der Waals surface area contributed by atoms with E-state index in [9.17, 15) is 9.90 Å². The summed E-state index contributed by atoms with van der Waals surface area (Å²) in [6, 6.07) is 17.0. The number of carboxylic acids is 1. The van der Waals surface area contributed by atoms with Gasteiger partial charge in [0.05, 0.1) is 10.9 Å². The number of hydrogen-bond donors (Lipinski definition) is 2. The average molecular weight is 400 g/mol. The van der Waals surface area contributed by atoms with E-state index < -0.39 is 5.97 Å². The molecule has 0 bridgehead atoms. The minimum absolute atomic E-state index is 0.266. The Balaban J connectivity index is 2.16. The lowest BCUT2D eigenvalue weighted by Crippen LogP contribution is -2.09. The standard InChI is InChI=1S/C25H24N2O3/c1-4-26-16-10-11-19-22(13-16)30-23-14-21(27-5-2)15(3)12-20(23)24(19)17-8-6-7-9-18(17)25(28)29/h6-14,26H,4-5H2,1-3H3,(H,28,29)/b27-21-. The van der Waals surface area contributed by atoms with Gasteiger partial charge < -0.3 is 14.8 Å². The molecule has 2 N–H and O–H groups in total. The molecule has 2 aliphatic rings. The zero-order valence-corrected chi connectivity index (χ0v) is 17.3. The lowest BCUT2D eigenvalue weighted by atomic mass is 9.90. The van der Waals surface area contributed by atoms with Gasteiger partial charge in [0.2, 0.25) is 0 Å². The summed E-state index contributed by atoms with van der Waals surface area (Å²) in [4.78, 5) is 16.5.